The Balaban J connectivity index is 1.64. The first-order valence-electron chi connectivity index (χ1n) is 8.28. The number of thiocarbonyl (C=S) groups is 1. The zero-order valence-corrected chi connectivity index (χ0v) is 17.5. The summed E-state index contributed by atoms with van der Waals surface area (Å²) in [7, 11) is 0. The van der Waals surface area contributed by atoms with Crippen LogP contribution in [-0.4, -0.2) is 35.7 Å². The lowest BCUT2D eigenvalue weighted by Gasteiger charge is -2.42. The van der Waals surface area contributed by atoms with Crippen molar-refractivity contribution in [3.8, 4) is 0 Å². The molecule has 1 heterocycles. The second-order valence-corrected chi connectivity index (χ2v) is 8.09. The maximum atomic E-state index is 6.28. The minimum atomic E-state index is 0.386. The van der Waals surface area contributed by atoms with Crippen LogP contribution in [0.5, 0.6) is 0 Å². The number of nitrogens with one attached hydrogen (secondary N) is 1. The van der Waals surface area contributed by atoms with Gasteiger partial charge >= 0.3 is 0 Å². The summed E-state index contributed by atoms with van der Waals surface area (Å²) >= 11 is 15.3. The molecule has 0 amide bonds. The highest BCUT2D eigenvalue weighted by Gasteiger charge is 2.25. The van der Waals surface area contributed by atoms with E-state index >= 15 is 0 Å². The van der Waals surface area contributed by atoms with Crippen LogP contribution in [0.4, 0.5) is 11.4 Å². The molecule has 2 aromatic carbocycles. The molecule has 0 saturated carbocycles. The second kappa shape index (κ2) is 7.94. The molecule has 25 heavy (non-hydrogen) atoms. The van der Waals surface area contributed by atoms with E-state index in [1.54, 1.807) is 0 Å². The van der Waals surface area contributed by atoms with Gasteiger partial charge in [0.05, 0.1) is 10.7 Å². The van der Waals surface area contributed by atoms with Crippen molar-refractivity contribution in [2.24, 2.45) is 0 Å². The highest BCUT2D eigenvalue weighted by atomic mass is 79.9. The van der Waals surface area contributed by atoms with E-state index in [1.807, 2.05) is 18.2 Å². The Bertz CT molecular complexity index is 766. The molecule has 0 aliphatic carbocycles. The van der Waals surface area contributed by atoms with E-state index < -0.39 is 0 Å². The third kappa shape index (κ3) is 4.46. The number of rotatable bonds is 2. The topological polar surface area (TPSA) is 18.5 Å². The summed E-state index contributed by atoms with van der Waals surface area (Å²) in [6.45, 7) is 7.07. The number of halogens is 2. The molecule has 1 unspecified atom stereocenters. The van der Waals surface area contributed by atoms with E-state index in [4.69, 9.17) is 23.8 Å². The van der Waals surface area contributed by atoms with Gasteiger partial charge in [0.25, 0.3) is 0 Å². The second-order valence-electron chi connectivity index (χ2n) is 6.38. The molecule has 3 nitrogen and oxygen atoms in total. The van der Waals surface area contributed by atoms with Gasteiger partial charge in [-0.3, -0.25) is 0 Å². The van der Waals surface area contributed by atoms with Gasteiger partial charge in [0.2, 0.25) is 0 Å². The zero-order chi connectivity index (χ0) is 18.0. The molecule has 1 fully saturated rings. The smallest absolute Gasteiger partial charge is 0.173 e. The highest BCUT2D eigenvalue weighted by molar-refractivity contribution is 9.10. The maximum Gasteiger partial charge on any atom is 0.173 e. The summed E-state index contributed by atoms with van der Waals surface area (Å²) in [6, 6.07) is 14.9. The minimum absolute atomic E-state index is 0.386. The lowest BCUT2D eigenvalue weighted by Crippen LogP contribution is -2.54. The first-order valence-corrected chi connectivity index (χ1v) is 9.86. The Morgan fingerprint density at radius 3 is 2.56 bits per heavy atom. The van der Waals surface area contributed by atoms with E-state index in [0.717, 1.165) is 34.9 Å². The quantitative estimate of drug-likeness (QED) is 0.639. The number of piperazine rings is 1. The molecule has 1 aliphatic rings. The first-order chi connectivity index (χ1) is 11.9. The van der Waals surface area contributed by atoms with Crippen molar-refractivity contribution in [3.05, 3.63) is 57.5 Å². The molecule has 3 rings (SSSR count). The fraction of sp³-hybridized carbons (Fsp3) is 0.316. The van der Waals surface area contributed by atoms with Crippen LogP contribution in [0.3, 0.4) is 0 Å². The predicted octanol–water partition coefficient (Wildman–Crippen LogP) is 5.32. The van der Waals surface area contributed by atoms with Crippen molar-refractivity contribution >= 4 is 56.2 Å². The van der Waals surface area contributed by atoms with E-state index in [0.29, 0.717) is 11.1 Å². The number of anilines is 2. The SMILES string of the molecule is Cc1ccc(N2CCN(C(=S)Nc3ccc(Br)cc3Cl)CC2C)cc1. The van der Waals surface area contributed by atoms with Crippen molar-refractivity contribution in [2.75, 3.05) is 29.9 Å². The van der Waals surface area contributed by atoms with Gasteiger partial charge in [-0.15, -0.1) is 0 Å². The Hall–Kier alpha value is -1.30. The average molecular weight is 439 g/mol. The molecule has 2 aromatic rings. The fourth-order valence-corrected chi connectivity index (χ4v) is 4.04. The number of benzene rings is 2. The van der Waals surface area contributed by atoms with Crippen LogP contribution in [-0.2, 0) is 0 Å². The van der Waals surface area contributed by atoms with E-state index in [-0.39, 0.29) is 0 Å². The molecule has 6 heteroatoms. The fourth-order valence-electron chi connectivity index (χ4n) is 3.05. The van der Waals surface area contributed by atoms with Crippen LogP contribution in [0.25, 0.3) is 0 Å². The number of nitrogens with zero attached hydrogens (tertiary/aromatic N) is 2. The van der Waals surface area contributed by atoms with Crippen LogP contribution in [0.15, 0.2) is 46.9 Å². The minimum Gasteiger partial charge on any atom is -0.365 e. The summed E-state index contributed by atoms with van der Waals surface area (Å²) in [5.74, 6) is 0. The number of hydrogen-bond acceptors (Lipinski definition) is 2. The number of aryl methyl sites for hydroxylation is 1. The van der Waals surface area contributed by atoms with Crippen molar-refractivity contribution in [3.63, 3.8) is 0 Å². The van der Waals surface area contributed by atoms with Gasteiger partial charge in [-0.25, -0.2) is 0 Å². The van der Waals surface area contributed by atoms with Crippen LogP contribution in [0.2, 0.25) is 5.02 Å². The summed E-state index contributed by atoms with van der Waals surface area (Å²) in [6.07, 6.45) is 0. The first kappa shape index (κ1) is 18.5. The van der Waals surface area contributed by atoms with Gasteiger partial charge in [-0.05, 0) is 56.4 Å². The van der Waals surface area contributed by atoms with Gasteiger partial charge in [-0.1, -0.05) is 45.2 Å². The number of hydrogen-bond donors (Lipinski definition) is 1. The van der Waals surface area contributed by atoms with Crippen LogP contribution in [0.1, 0.15) is 12.5 Å². The third-order valence-electron chi connectivity index (χ3n) is 4.45. The largest absolute Gasteiger partial charge is 0.365 e. The molecule has 1 aliphatic heterocycles. The average Bonchev–Trinajstić information content (AvgIpc) is 2.58. The van der Waals surface area contributed by atoms with Gasteiger partial charge in [0, 0.05) is 35.8 Å². The maximum absolute atomic E-state index is 6.28. The van der Waals surface area contributed by atoms with E-state index in [2.05, 4.69) is 69.2 Å². The van der Waals surface area contributed by atoms with Crippen LogP contribution in [0, 0.1) is 6.92 Å². The summed E-state index contributed by atoms with van der Waals surface area (Å²) < 4.78 is 0.953. The molecule has 0 spiro atoms. The van der Waals surface area contributed by atoms with Crippen molar-refractivity contribution in [1.29, 1.82) is 0 Å². The molecule has 1 saturated heterocycles. The monoisotopic (exact) mass is 437 g/mol. The molecule has 132 valence electrons. The lowest BCUT2D eigenvalue weighted by molar-refractivity contribution is 0.342. The van der Waals surface area contributed by atoms with Crippen LogP contribution >= 0.6 is 39.7 Å². The Labute approximate surface area is 168 Å². The summed E-state index contributed by atoms with van der Waals surface area (Å²) in [4.78, 5) is 4.65. The molecule has 1 atom stereocenters. The van der Waals surface area contributed by atoms with E-state index in [1.165, 1.54) is 11.3 Å². The zero-order valence-electron chi connectivity index (χ0n) is 14.3. The molecule has 0 aromatic heterocycles. The Morgan fingerprint density at radius 2 is 1.92 bits per heavy atom. The highest BCUT2D eigenvalue weighted by Crippen LogP contribution is 2.27. The molecular weight excluding hydrogens is 418 g/mol. The Morgan fingerprint density at radius 1 is 1.20 bits per heavy atom. The lowest BCUT2D eigenvalue weighted by atomic mass is 10.1. The van der Waals surface area contributed by atoms with Crippen molar-refractivity contribution in [1.82, 2.24) is 4.90 Å². The van der Waals surface area contributed by atoms with Gasteiger partial charge in [0.1, 0.15) is 0 Å². The van der Waals surface area contributed by atoms with E-state index in [9.17, 15) is 0 Å². The Kier molecular flexibility index (Phi) is 5.87. The van der Waals surface area contributed by atoms with Gasteiger partial charge < -0.3 is 15.1 Å². The normalized spacial score (nSPS) is 17.5. The molecule has 0 bridgehead atoms. The molecule has 0 radical (unpaired) electrons. The summed E-state index contributed by atoms with van der Waals surface area (Å²) in [5.41, 5.74) is 3.39. The van der Waals surface area contributed by atoms with Gasteiger partial charge in [-0.2, -0.15) is 0 Å². The predicted molar refractivity (Wildman–Crippen MR) is 115 cm³/mol. The van der Waals surface area contributed by atoms with Crippen LogP contribution < -0.4 is 10.2 Å². The van der Waals surface area contributed by atoms with Crippen molar-refractivity contribution < 1.29 is 0 Å². The van der Waals surface area contributed by atoms with Crippen molar-refractivity contribution in [2.45, 2.75) is 19.9 Å². The standard InChI is InChI=1S/C19H21BrClN3S/c1-13-3-6-16(7-4-13)24-10-9-23(12-14(24)2)19(25)22-18-8-5-15(20)11-17(18)21/h3-8,11,14H,9-10,12H2,1-2H3,(H,22,25). The van der Waals surface area contributed by atoms with Gasteiger partial charge in [0.15, 0.2) is 5.11 Å². The molecule has 1 N–H and O–H groups in total. The third-order valence-corrected chi connectivity index (χ3v) is 5.62. The molecular formula is C19H21BrClN3S. The summed E-state index contributed by atoms with van der Waals surface area (Å²) in [5, 5.41) is 4.65.